The van der Waals surface area contributed by atoms with Gasteiger partial charge in [0, 0.05) is 26.1 Å². The molecule has 0 heterocycles. The van der Waals surface area contributed by atoms with E-state index in [2.05, 4.69) is 5.32 Å². The van der Waals surface area contributed by atoms with Gasteiger partial charge in [0.2, 0.25) is 11.8 Å². The number of nitrogens with zero attached hydrogens (tertiary/aromatic N) is 1. The van der Waals surface area contributed by atoms with Crippen LogP contribution >= 0.6 is 12.4 Å². The Labute approximate surface area is 145 Å². The van der Waals surface area contributed by atoms with E-state index in [1.807, 2.05) is 44.2 Å². The molecule has 0 fully saturated rings. The van der Waals surface area contributed by atoms with Crippen LogP contribution in [0.5, 0.6) is 0 Å². The summed E-state index contributed by atoms with van der Waals surface area (Å²) in [6.07, 6.45) is 1.06. The van der Waals surface area contributed by atoms with E-state index in [0.717, 1.165) is 18.7 Å². The van der Waals surface area contributed by atoms with Crippen molar-refractivity contribution < 1.29 is 9.59 Å². The average Bonchev–Trinajstić information content (AvgIpc) is 2.53. The van der Waals surface area contributed by atoms with Gasteiger partial charge in [-0.05, 0) is 32.8 Å². The van der Waals surface area contributed by atoms with Crippen LogP contribution in [-0.4, -0.2) is 36.3 Å². The predicted octanol–water partition coefficient (Wildman–Crippen LogP) is 2.05. The van der Waals surface area contributed by atoms with E-state index >= 15 is 0 Å². The number of hydrogen-bond donors (Lipinski definition) is 2. The van der Waals surface area contributed by atoms with E-state index in [4.69, 9.17) is 5.73 Å². The third-order valence-electron chi connectivity index (χ3n) is 3.81. The quantitative estimate of drug-likeness (QED) is 0.710. The highest BCUT2D eigenvalue weighted by Gasteiger charge is 2.29. The standard InChI is InChI=1S/C17H27N3O2.ClH/c1-4-20(5-2)15(21)12-9-13-19-16(22)17(3,18)14-10-7-6-8-11-14;/h6-8,10-11H,4-5,9,12-13,18H2,1-3H3,(H,19,22);1H. The van der Waals surface area contributed by atoms with Gasteiger partial charge in [-0.25, -0.2) is 0 Å². The zero-order valence-corrected chi connectivity index (χ0v) is 15.0. The number of hydrogen-bond acceptors (Lipinski definition) is 3. The van der Waals surface area contributed by atoms with Gasteiger partial charge < -0.3 is 16.0 Å². The van der Waals surface area contributed by atoms with Crippen molar-refractivity contribution in [2.24, 2.45) is 5.73 Å². The molecule has 0 aromatic heterocycles. The molecule has 1 aromatic rings. The lowest BCUT2D eigenvalue weighted by Gasteiger charge is -2.24. The van der Waals surface area contributed by atoms with E-state index < -0.39 is 5.54 Å². The van der Waals surface area contributed by atoms with Gasteiger partial charge in [0.25, 0.3) is 0 Å². The summed E-state index contributed by atoms with van der Waals surface area (Å²) in [4.78, 5) is 25.9. The number of rotatable bonds is 8. The van der Waals surface area contributed by atoms with Gasteiger partial charge in [0.15, 0.2) is 0 Å². The molecule has 0 bridgehead atoms. The highest BCUT2D eigenvalue weighted by Crippen LogP contribution is 2.17. The van der Waals surface area contributed by atoms with Gasteiger partial charge in [-0.1, -0.05) is 30.3 Å². The number of carbonyl (C=O) groups excluding carboxylic acids is 2. The van der Waals surface area contributed by atoms with Gasteiger partial charge in [-0.2, -0.15) is 0 Å². The van der Waals surface area contributed by atoms with Crippen LogP contribution in [0.4, 0.5) is 0 Å². The van der Waals surface area contributed by atoms with Gasteiger partial charge in [0.05, 0.1) is 0 Å². The van der Waals surface area contributed by atoms with Crippen molar-refractivity contribution in [2.75, 3.05) is 19.6 Å². The Bertz CT molecular complexity index is 488. The fourth-order valence-electron chi connectivity index (χ4n) is 2.28. The normalized spacial score (nSPS) is 12.7. The SMILES string of the molecule is CCN(CC)C(=O)CCCNC(=O)C(C)(N)c1ccccc1.Cl. The topological polar surface area (TPSA) is 75.4 Å². The molecule has 1 rings (SSSR count). The van der Waals surface area contributed by atoms with Crippen molar-refractivity contribution in [3.05, 3.63) is 35.9 Å². The number of carbonyl (C=O) groups is 2. The van der Waals surface area contributed by atoms with Crippen molar-refractivity contribution in [1.82, 2.24) is 10.2 Å². The summed E-state index contributed by atoms with van der Waals surface area (Å²) in [5.74, 6) is -0.105. The Morgan fingerprint density at radius 3 is 2.26 bits per heavy atom. The van der Waals surface area contributed by atoms with Crippen molar-refractivity contribution in [3.63, 3.8) is 0 Å². The Morgan fingerprint density at radius 1 is 1.17 bits per heavy atom. The van der Waals surface area contributed by atoms with Crippen LogP contribution < -0.4 is 11.1 Å². The van der Waals surface area contributed by atoms with Crippen molar-refractivity contribution in [1.29, 1.82) is 0 Å². The maximum atomic E-state index is 12.2. The maximum Gasteiger partial charge on any atom is 0.244 e. The summed E-state index contributed by atoms with van der Waals surface area (Å²) >= 11 is 0. The number of amides is 2. The number of halogens is 1. The van der Waals surface area contributed by atoms with Crippen LogP contribution in [0, 0.1) is 0 Å². The van der Waals surface area contributed by atoms with E-state index in [-0.39, 0.29) is 24.2 Å². The molecule has 0 saturated carbocycles. The molecular formula is C17H28ClN3O2. The molecule has 6 heteroatoms. The van der Waals surface area contributed by atoms with Crippen molar-refractivity contribution in [2.45, 2.75) is 39.2 Å². The van der Waals surface area contributed by atoms with E-state index in [1.165, 1.54) is 0 Å². The van der Waals surface area contributed by atoms with Gasteiger partial charge in [-0.3, -0.25) is 9.59 Å². The van der Waals surface area contributed by atoms with Gasteiger partial charge in [-0.15, -0.1) is 12.4 Å². The second-order valence-corrected chi connectivity index (χ2v) is 5.49. The number of nitrogens with one attached hydrogen (secondary N) is 1. The monoisotopic (exact) mass is 341 g/mol. The second kappa shape index (κ2) is 10.2. The molecule has 23 heavy (non-hydrogen) atoms. The Hall–Kier alpha value is -1.59. The third-order valence-corrected chi connectivity index (χ3v) is 3.81. The van der Waals surface area contributed by atoms with Crippen LogP contribution in [-0.2, 0) is 15.1 Å². The van der Waals surface area contributed by atoms with E-state index in [9.17, 15) is 9.59 Å². The molecule has 5 nitrogen and oxygen atoms in total. The smallest absolute Gasteiger partial charge is 0.244 e. The molecule has 0 saturated heterocycles. The number of benzene rings is 1. The molecule has 0 aliphatic heterocycles. The lowest BCUT2D eigenvalue weighted by molar-refractivity contribution is -0.131. The molecule has 2 amide bonds. The zero-order chi connectivity index (χ0) is 16.6. The highest BCUT2D eigenvalue weighted by molar-refractivity contribution is 5.87. The molecule has 0 spiro atoms. The Kier molecular flexibility index (Phi) is 9.53. The van der Waals surface area contributed by atoms with E-state index in [1.54, 1.807) is 11.8 Å². The summed E-state index contributed by atoms with van der Waals surface area (Å²) in [5, 5.41) is 2.82. The average molecular weight is 342 g/mol. The van der Waals surface area contributed by atoms with Crippen molar-refractivity contribution in [3.8, 4) is 0 Å². The molecule has 1 aromatic carbocycles. The molecule has 1 unspecified atom stereocenters. The van der Waals surface area contributed by atoms with Crippen LogP contribution in [0.25, 0.3) is 0 Å². The first-order valence-electron chi connectivity index (χ1n) is 7.83. The summed E-state index contributed by atoms with van der Waals surface area (Å²) < 4.78 is 0. The minimum absolute atomic E-state index is 0. The summed E-state index contributed by atoms with van der Waals surface area (Å²) in [6.45, 7) is 7.50. The first kappa shape index (κ1) is 21.4. The van der Waals surface area contributed by atoms with Crippen LogP contribution in [0.15, 0.2) is 30.3 Å². The summed E-state index contributed by atoms with van der Waals surface area (Å²) in [6, 6.07) is 9.27. The molecule has 1 atom stereocenters. The molecule has 130 valence electrons. The van der Waals surface area contributed by atoms with Crippen LogP contribution in [0.1, 0.15) is 39.2 Å². The largest absolute Gasteiger partial charge is 0.354 e. The molecule has 0 aliphatic carbocycles. The third kappa shape index (κ3) is 6.20. The molecule has 3 N–H and O–H groups in total. The van der Waals surface area contributed by atoms with E-state index in [0.29, 0.717) is 19.4 Å². The van der Waals surface area contributed by atoms with Crippen molar-refractivity contribution >= 4 is 24.2 Å². The number of nitrogens with two attached hydrogens (primary N) is 1. The Morgan fingerprint density at radius 2 is 1.74 bits per heavy atom. The first-order chi connectivity index (χ1) is 10.4. The maximum absolute atomic E-state index is 12.2. The second-order valence-electron chi connectivity index (χ2n) is 5.49. The Balaban J connectivity index is 0.00000484. The minimum Gasteiger partial charge on any atom is -0.354 e. The van der Waals surface area contributed by atoms with Gasteiger partial charge in [0.1, 0.15) is 5.54 Å². The zero-order valence-electron chi connectivity index (χ0n) is 14.2. The van der Waals surface area contributed by atoms with Gasteiger partial charge >= 0.3 is 0 Å². The predicted molar refractivity (Wildman–Crippen MR) is 95.4 cm³/mol. The fourth-order valence-corrected chi connectivity index (χ4v) is 2.28. The molecule has 0 aliphatic rings. The fraction of sp³-hybridized carbons (Fsp3) is 0.529. The summed E-state index contributed by atoms with van der Waals surface area (Å²) in [7, 11) is 0. The molecular weight excluding hydrogens is 314 g/mol. The van der Waals surface area contributed by atoms with Crippen LogP contribution in [0.3, 0.4) is 0 Å². The minimum atomic E-state index is -1.07. The lowest BCUT2D eigenvalue weighted by Crippen LogP contribution is -2.49. The first-order valence-corrected chi connectivity index (χ1v) is 7.83. The highest BCUT2D eigenvalue weighted by atomic mass is 35.5. The lowest BCUT2D eigenvalue weighted by atomic mass is 9.92. The molecule has 0 radical (unpaired) electrons. The van der Waals surface area contributed by atoms with Crippen LogP contribution in [0.2, 0.25) is 0 Å². The summed E-state index contributed by atoms with van der Waals surface area (Å²) in [5.41, 5.74) is 5.83.